The van der Waals surface area contributed by atoms with E-state index in [-0.39, 0.29) is 0 Å². The molecular weight excluding hydrogens is 222 g/mol. The van der Waals surface area contributed by atoms with Crippen molar-refractivity contribution in [3.05, 3.63) is 0 Å². The first kappa shape index (κ1) is 15.5. The van der Waals surface area contributed by atoms with Crippen molar-refractivity contribution in [1.82, 2.24) is 4.90 Å². The first-order valence-corrected chi connectivity index (χ1v) is 7.73. The number of nitrogens with zero attached hydrogens (tertiary/aromatic N) is 1. The van der Waals surface area contributed by atoms with E-state index in [1.54, 1.807) is 0 Å². The van der Waals surface area contributed by atoms with E-state index in [1.807, 2.05) is 0 Å². The third-order valence-corrected chi connectivity index (χ3v) is 3.89. The molecule has 2 nitrogen and oxygen atoms in total. The van der Waals surface area contributed by atoms with Crippen molar-refractivity contribution in [3.8, 4) is 0 Å². The molecule has 0 bridgehead atoms. The summed E-state index contributed by atoms with van der Waals surface area (Å²) >= 11 is 0. The molecule has 1 fully saturated rings. The molecule has 106 valence electrons. The molecule has 0 unspecified atom stereocenters. The Morgan fingerprint density at radius 2 is 1.72 bits per heavy atom. The Morgan fingerprint density at radius 3 is 2.22 bits per heavy atom. The molecule has 0 aromatic rings. The van der Waals surface area contributed by atoms with Crippen LogP contribution in [0.4, 0.5) is 0 Å². The van der Waals surface area contributed by atoms with E-state index < -0.39 is 0 Å². The van der Waals surface area contributed by atoms with Crippen LogP contribution in [0.1, 0.15) is 72.6 Å². The minimum Gasteiger partial charge on any atom is -0.342 e. The Bertz CT molecular complexity index is 248. The van der Waals surface area contributed by atoms with Crippen LogP contribution in [0.15, 0.2) is 0 Å². The molecule has 0 aromatic heterocycles. The molecule has 1 aliphatic rings. The summed E-state index contributed by atoms with van der Waals surface area (Å²) in [5, 5.41) is 0. The lowest BCUT2D eigenvalue weighted by Gasteiger charge is -2.31. The Kier molecular flexibility index (Phi) is 6.17. The van der Waals surface area contributed by atoms with Crippen LogP contribution in [0.2, 0.25) is 0 Å². The highest BCUT2D eigenvalue weighted by Gasteiger charge is 2.26. The number of carbonyl (C=O) groups is 1. The first-order chi connectivity index (χ1) is 8.44. The van der Waals surface area contributed by atoms with Gasteiger partial charge in [0, 0.05) is 19.0 Å². The van der Waals surface area contributed by atoms with Gasteiger partial charge in [0.15, 0.2) is 0 Å². The van der Waals surface area contributed by atoms with E-state index in [0.717, 1.165) is 38.8 Å². The van der Waals surface area contributed by atoms with Crippen LogP contribution in [0, 0.1) is 11.3 Å². The molecule has 0 N–H and O–H groups in total. The van der Waals surface area contributed by atoms with E-state index in [4.69, 9.17) is 0 Å². The molecule has 2 heteroatoms. The normalized spacial score (nSPS) is 17.8. The highest BCUT2D eigenvalue weighted by molar-refractivity contribution is 5.78. The van der Waals surface area contributed by atoms with Crippen molar-refractivity contribution >= 4 is 5.91 Å². The third kappa shape index (κ3) is 5.41. The third-order valence-electron chi connectivity index (χ3n) is 3.89. The molecular formula is C16H31NO. The molecule has 1 rings (SSSR count). The monoisotopic (exact) mass is 253 g/mol. The van der Waals surface area contributed by atoms with Crippen LogP contribution in [-0.4, -0.2) is 23.9 Å². The van der Waals surface area contributed by atoms with Crippen LogP contribution in [0.25, 0.3) is 0 Å². The molecule has 0 radical (unpaired) electrons. The van der Waals surface area contributed by atoms with Gasteiger partial charge in [-0.05, 0) is 31.1 Å². The summed E-state index contributed by atoms with van der Waals surface area (Å²) in [5.74, 6) is 0.756. The second-order valence-electron chi connectivity index (χ2n) is 6.97. The van der Waals surface area contributed by atoms with Gasteiger partial charge in [0.1, 0.15) is 0 Å². The average Bonchev–Trinajstić information content (AvgIpc) is 2.33. The fourth-order valence-electron chi connectivity index (χ4n) is 2.68. The van der Waals surface area contributed by atoms with Gasteiger partial charge in [-0.3, -0.25) is 4.79 Å². The summed E-state index contributed by atoms with van der Waals surface area (Å²) in [5.41, 5.74) is 0.318. The van der Waals surface area contributed by atoms with Crippen LogP contribution >= 0.6 is 0 Å². The number of carbonyl (C=O) groups excluding carboxylic acids is 1. The number of hydrogen-bond acceptors (Lipinski definition) is 1. The summed E-state index contributed by atoms with van der Waals surface area (Å²) in [6.07, 6.45) is 8.22. The summed E-state index contributed by atoms with van der Waals surface area (Å²) in [7, 11) is 0. The summed E-state index contributed by atoms with van der Waals surface area (Å²) in [6.45, 7) is 10.8. The predicted molar refractivity (Wildman–Crippen MR) is 77.5 cm³/mol. The van der Waals surface area contributed by atoms with Crippen molar-refractivity contribution in [2.24, 2.45) is 11.3 Å². The quantitative estimate of drug-likeness (QED) is 0.717. The maximum Gasteiger partial charge on any atom is 0.225 e. The van der Waals surface area contributed by atoms with Gasteiger partial charge in [-0.25, -0.2) is 0 Å². The van der Waals surface area contributed by atoms with E-state index in [0.29, 0.717) is 17.2 Å². The van der Waals surface area contributed by atoms with Crippen LogP contribution < -0.4 is 0 Å². The fourth-order valence-corrected chi connectivity index (χ4v) is 2.68. The second-order valence-corrected chi connectivity index (χ2v) is 6.97. The zero-order chi connectivity index (χ0) is 13.6. The standard InChI is InChI=1S/C16H31NO/c1-5-12-17(13-11-16(2,3)4)15(18)14-9-7-6-8-10-14/h14H,5-13H2,1-4H3. The maximum absolute atomic E-state index is 12.5. The Hall–Kier alpha value is -0.530. The fraction of sp³-hybridized carbons (Fsp3) is 0.938. The first-order valence-electron chi connectivity index (χ1n) is 7.73. The molecule has 0 saturated heterocycles. The van der Waals surface area contributed by atoms with E-state index in [2.05, 4.69) is 32.6 Å². The van der Waals surface area contributed by atoms with Crippen molar-refractivity contribution in [3.63, 3.8) is 0 Å². The average molecular weight is 253 g/mol. The Morgan fingerprint density at radius 1 is 1.11 bits per heavy atom. The largest absolute Gasteiger partial charge is 0.342 e. The van der Waals surface area contributed by atoms with Crippen LogP contribution in [-0.2, 0) is 4.79 Å². The van der Waals surface area contributed by atoms with Gasteiger partial charge in [-0.2, -0.15) is 0 Å². The van der Waals surface area contributed by atoms with Gasteiger partial charge in [0.2, 0.25) is 5.91 Å². The predicted octanol–water partition coefficient (Wildman–Crippen LogP) is 4.24. The zero-order valence-electron chi connectivity index (χ0n) is 12.8. The number of rotatable bonds is 5. The summed E-state index contributed by atoms with van der Waals surface area (Å²) in [4.78, 5) is 14.7. The van der Waals surface area contributed by atoms with Gasteiger partial charge < -0.3 is 4.90 Å². The molecule has 0 aliphatic heterocycles. The van der Waals surface area contributed by atoms with Crippen molar-refractivity contribution < 1.29 is 4.79 Å². The molecule has 18 heavy (non-hydrogen) atoms. The minimum atomic E-state index is 0.318. The van der Waals surface area contributed by atoms with Crippen LogP contribution in [0.5, 0.6) is 0 Å². The van der Waals surface area contributed by atoms with Crippen LogP contribution in [0.3, 0.4) is 0 Å². The lowest BCUT2D eigenvalue weighted by Crippen LogP contribution is -2.39. The number of amides is 1. The van der Waals surface area contributed by atoms with Gasteiger partial charge >= 0.3 is 0 Å². The smallest absolute Gasteiger partial charge is 0.225 e. The summed E-state index contributed by atoms with van der Waals surface area (Å²) in [6, 6.07) is 0. The Balaban J connectivity index is 2.51. The zero-order valence-corrected chi connectivity index (χ0v) is 12.8. The van der Waals surface area contributed by atoms with Gasteiger partial charge in [-0.1, -0.05) is 47.0 Å². The molecule has 1 aliphatic carbocycles. The maximum atomic E-state index is 12.5. The lowest BCUT2D eigenvalue weighted by atomic mass is 9.87. The Labute approximate surface area is 113 Å². The number of hydrogen-bond donors (Lipinski definition) is 0. The highest BCUT2D eigenvalue weighted by atomic mass is 16.2. The van der Waals surface area contributed by atoms with Gasteiger partial charge in [0.25, 0.3) is 0 Å². The van der Waals surface area contributed by atoms with E-state index in [1.165, 1.54) is 19.3 Å². The highest BCUT2D eigenvalue weighted by Crippen LogP contribution is 2.26. The lowest BCUT2D eigenvalue weighted by molar-refractivity contribution is -0.136. The van der Waals surface area contributed by atoms with Crippen molar-refractivity contribution in [2.75, 3.05) is 13.1 Å². The van der Waals surface area contributed by atoms with E-state index in [9.17, 15) is 4.79 Å². The molecule has 0 aromatic carbocycles. The van der Waals surface area contributed by atoms with Crippen molar-refractivity contribution in [1.29, 1.82) is 0 Å². The SMILES string of the molecule is CCCN(CCC(C)(C)C)C(=O)C1CCCCC1. The van der Waals surface area contributed by atoms with Crippen molar-refractivity contribution in [2.45, 2.75) is 72.6 Å². The topological polar surface area (TPSA) is 20.3 Å². The second kappa shape index (κ2) is 7.16. The molecule has 0 spiro atoms. The van der Waals surface area contributed by atoms with Gasteiger partial charge in [-0.15, -0.1) is 0 Å². The minimum absolute atomic E-state index is 0.318. The molecule has 1 saturated carbocycles. The summed E-state index contributed by atoms with van der Waals surface area (Å²) < 4.78 is 0. The molecule has 0 atom stereocenters. The molecule has 1 amide bonds. The molecule has 0 heterocycles. The van der Waals surface area contributed by atoms with Gasteiger partial charge in [0.05, 0.1) is 0 Å². The van der Waals surface area contributed by atoms with E-state index >= 15 is 0 Å².